The van der Waals surface area contributed by atoms with Crippen molar-refractivity contribution < 1.29 is 4.79 Å². The van der Waals surface area contributed by atoms with Gasteiger partial charge in [0.25, 0.3) is 5.78 Å². The maximum atomic E-state index is 13.0. The standard InChI is InChI=1S/C24H29N7O/c1-3-7-18-15-22(26-24-28-27-21(4-2)31(18)24)29-10-12-30(13-11-29)23(32)14-17-16-25-20-9-6-5-8-19(17)20/h5-6,8-9,15-16,25H,3-4,7,10-14H2,1-2H3. The van der Waals surface area contributed by atoms with Gasteiger partial charge in [0.2, 0.25) is 5.91 Å². The highest BCUT2D eigenvalue weighted by Gasteiger charge is 2.24. The van der Waals surface area contributed by atoms with E-state index in [9.17, 15) is 4.79 Å². The van der Waals surface area contributed by atoms with Crippen LogP contribution < -0.4 is 4.90 Å². The van der Waals surface area contributed by atoms with Crippen LogP contribution in [0.5, 0.6) is 0 Å². The number of hydrogen-bond donors (Lipinski definition) is 1. The third-order valence-electron chi connectivity index (χ3n) is 6.31. The summed E-state index contributed by atoms with van der Waals surface area (Å²) in [6.07, 6.45) is 5.22. The quantitative estimate of drug-likeness (QED) is 0.507. The van der Waals surface area contributed by atoms with Gasteiger partial charge in [0.15, 0.2) is 0 Å². The molecular weight excluding hydrogens is 402 g/mol. The van der Waals surface area contributed by atoms with Crippen molar-refractivity contribution in [3.63, 3.8) is 0 Å². The fourth-order valence-corrected chi connectivity index (χ4v) is 4.59. The van der Waals surface area contributed by atoms with Gasteiger partial charge in [0, 0.05) is 61.5 Å². The number of hydrogen-bond acceptors (Lipinski definition) is 5. The van der Waals surface area contributed by atoms with Crippen LogP contribution in [0.4, 0.5) is 5.82 Å². The topological polar surface area (TPSA) is 82.4 Å². The number of nitrogens with zero attached hydrogens (tertiary/aromatic N) is 6. The zero-order chi connectivity index (χ0) is 22.1. The molecule has 4 aromatic rings. The molecule has 166 valence electrons. The Balaban J connectivity index is 1.29. The number of anilines is 1. The van der Waals surface area contributed by atoms with Gasteiger partial charge in [-0.25, -0.2) is 0 Å². The van der Waals surface area contributed by atoms with E-state index in [-0.39, 0.29) is 5.91 Å². The monoisotopic (exact) mass is 431 g/mol. The summed E-state index contributed by atoms with van der Waals surface area (Å²) in [5.41, 5.74) is 3.33. The molecule has 1 amide bonds. The number of H-pyrrole nitrogens is 1. The highest BCUT2D eigenvalue weighted by Crippen LogP contribution is 2.22. The van der Waals surface area contributed by atoms with Crippen molar-refractivity contribution in [3.05, 3.63) is 53.6 Å². The second kappa shape index (κ2) is 8.61. The first-order valence-electron chi connectivity index (χ1n) is 11.5. The van der Waals surface area contributed by atoms with Crippen LogP contribution in [0.1, 0.15) is 37.4 Å². The zero-order valence-electron chi connectivity index (χ0n) is 18.7. The lowest BCUT2D eigenvalue weighted by molar-refractivity contribution is -0.130. The van der Waals surface area contributed by atoms with E-state index in [2.05, 4.69) is 50.5 Å². The summed E-state index contributed by atoms with van der Waals surface area (Å²) in [6.45, 7) is 7.20. The number of piperazine rings is 1. The summed E-state index contributed by atoms with van der Waals surface area (Å²) < 4.78 is 2.09. The average molecular weight is 432 g/mol. The predicted molar refractivity (Wildman–Crippen MR) is 125 cm³/mol. The number of para-hydroxylation sites is 1. The summed E-state index contributed by atoms with van der Waals surface area (Å²) in [6, 6.07) is 10.3. The molecule has 32 heavy (non-hydrogen) atoms. The number of aryl methyl sites for hydroxylation is 2. The van der Waals surface area contributed by atoms with Gasteiger partial charge in [0.05, 0.1) is 6.42 Å². The number of fused-ring (bicyclic) bond motifs is 2. The number of carbonyl (C=O) groups excluding carboxylic acids is 1. The van der Waals surface area contributed by atoms with E-state index in [4.69, 9.17) is 4.98 Å². The second-order valence-electron chi connectivity index (χ2n) is 8.36. The van der Waals surface area contributed by atoms with Crippen molar-refractivity contribution in [1.29, 1.82) is 0 Å². The molecule has 0 unspecified atom stereocenters. The summed E-state index contributed by atoms with van der Waals surface area (Å²) in [5, 5.41) is 9.74. The normalized spacial score (nSPS) is 14.6. The molecule has 3 aromatic heterocycles. The highest BCUT2D eigenvalue weighted by molar-refractivity contribution is 5.89. The maximum absolute atomic E-state index is 13.0. The summed E-state index contributed by atoms with van der Waals surface area (Å²) in [5.74, 6) is 2.73. The molecule has 0 atom stereocenters. The van der Waals surface area contributed by atoms with E-state index in [1.807, 2.05) is 29.3 Å². The van der Waals surface area contributed by atoms with Gasteiger partial charge in [-0.15, -0.1) is 10.2 Å². The number of benzene rings is 1. The van der Waals surface area contributed by atoms with Crippen LogP contribution in [0.2, 0.25) is 0 Å². The first-order chi connectivity index (χ1) is 15.7. The molecule has 0 bridgehead atoms. The van der Waals surface area contributed by atoms with Crippen molar-refractivity contribution in [1.82, 2.24) is 29.5 Å². The molecule has 8 heteroatoms. The molecule has 4 heterocycles. The van der Waals surface area contributed by atoms with E-state index < -0.39 is 0 Å². The molecule has 0 spiro atoms. The number of amides is 1. The number of carbonyl (C=O) groups is 1. The van der Waals surface area contributed by atoms with E-state index in [0.717, 1.165) is 60.5 Å². The van der Waals surface area contributed by atoms with Gasteiger partial charge in [0.1, 0.15) is 11.6 Å². The van der Waals surface area contributed by atoms with Gasteiger partial charge < -0.3 is 14.8 Å². The molecule has 5 rings (SSSR count). The fraction of sp³-hybridized carbons (Fsp3) is 0.417. The van der Waals surface area contributed by atoms with Crippen molar-refractivity contribution in [2.45, 2.75) is 39.5 Å². The minimum atomic E-state index is 0.175. The van der Waals surface area contributed by atoms with Gasteiger partial charge >= 0.3 is 0 Å². The summed E-state index contributed by atoms with van der Waals surface area (Å²) in [7, 11) is 0. The van der Waals surface area contributed by atoms with Gasteiger partial charge in [-0.1, -0.05) is 38.5 Å². The van der Waals surface area contributed by atoms with Crippen LogP contribution in [-0.2, 0) is 24.1 Å². The molecule has 1 aliphatic rings. The molecule has 1 saturated heterocycles. The summed E-state index contributed by atoms with van der Waals surface area (Å²) in [4.78, 5) is 25.2. The van der Waals surface area contributed by atoms with E-state index in [1.54, 1.807) is 0 Å². The summed E-state index contributed by atoms with van der Waals surface area (Å²) >= 11 is 0. The first-order valence-corrected chi connectivity index (χ1v) is 11.5. The fourth-order valence-electron chi connectivity index (χ4n) is 4.59. The van der Waals surface area contributed by atoms with Crippen molar-refractivity contribution in [3.8, 4) is 0 Å². The molecule has 0 radical (unpaired) electrons. The van der Waals surface area contributed by atoms with Crippen molar-refractivity contribution >= 4 is 28.4 Å². The van der Waals surface area contributed by atoms with E-state index in [1.165, 1.54) is 5.69 Å². The van der Waals surface area contributed by atoms with E-state index in [0.29, 0.717) is 25.3 Å². The average Bonchev–Trinajstić information content (AvgIpc) is 3.43. The predicted octanol–water partition coefficient (Wildman–Crippen LogP) is 3.01. The maximum Gasteiger partial charge on any atom is 0.257 e. The highest BCUT2D eigenvalue weighted by atomic mass is 16.2. The Bertz CT molecular complexity index is 1250. The SMILES string of the molecule is CCCc1cc(N2CCN(C(=O)Cc3c[nH]c4ccccc34)CC2)nc2nnc(CC)n12. The molecule has 1 aromatic carbocycles. The third-order valence-corrected chi connectivity index (χ3v) is 6.31. The number of aromatic nitrogens is 5. The lowest BCUT2D eigenvalue weighted by atomic mass is 10.1. The Kier molecular flexibility index (Phi) is 5.51. The van der Waals surface area contributed by atoms with Crippen LogP contribution in [0, 0.1) is 0 Å². The third kappa shape index (κ3) is 3.70. The molecule has 8 nitrogen and oxygen atoms in total. The molecule has 1 aliphatic heterocycles. The van der Waals surface area contributed by atoms with Crippen LogP contribution >= 0.6 is 0 Å². The lowest BCUT2D eigenvalue weighted by Gasteiger charge is -2.35. The van der Waals surface area contributed by atoms with Gasteiger partial charge in [-0.2, -0.15) is 4.98 Å². The van der Waals surface area contributed by atoms with Crippen LogP contribution in [-0.4, -0.2) is 61.6 Å². The Morgan fingerprint density at radius 1 is 1.09 bits per heavy atom. The number of rotatable bonds is 6. The Labute approximate surface area is 187 Å². The molecule has 1 fully saturated rings. The largest absolute Gasteiger partial charge is 0.361 e. The molecular formula is C24H29N7O. The zero-order valence-corrected chi connectivity index (χ0v) is 18.7. The van der Waals surface area contributed by atoms with Crippen LogP contribution in [0.15, 0.2) is 36.5 Å². The van der Waals surface area contributed by atoms with Crippen molar-refractivity contribution in [2.24, 2.45) is 0 Å². The lowest BCUT2D eigenvalue weighted by Crippen LogP contribution is -2.49. The Morgan fingerprint density at radius 3 is 2.69 bits per heavy atom. The molecule has 1 N–H and O–H groups in total. The minimum absolute atomic E-state index is 0.175. The van der Waals surface area contributed by atoms with E-state index >= 15 is 0 Å². The molecule has 0 aliphatic carbocycles. The van der Waals surface area contributed by atoms with Crippen LogP contribution in [0.25, 0.3) is 16.7 Å². The Hall–Kier alpha value is -3.42. The van der Waals surface area contributed by atoms with Gasteiger partial charge in [-0.3, -0.25) is 9.20 Å². The second-order valence-corrected chi connectivity index (χ2v) is 8.36. The number of nitrogens with one attached hydrogen (secondary N) is 1. The minimum Gasteiger partial charge on any atom is -0.361 e. The first kappa shape index (κ1) is 20.5. The van der Waals surface area contributed by atoms with Crippen molar-refractivity contribution in [2.75, 3.05) is 31.1 Å². The smallest absolute Gasteiger partial charge is 0.257 e. The molecule has 0 saturated carbocycles. The van der Waals surface area contributed by atoms with Gasteiger partial charge in [-0.05, 0) is 18.1 Å². The number of aromatic amines is 1. The Morgan fingerprint density at radius 2 is 1.91 bits per heavy atom. The van der Waals surface area contributed by atoms with Crippen LogP contribution in [0.3, 0.4) is 0 Å².